The van der Waals surface area contributed by atoms with Crippen LogP contribution in [-0.2, 0) is 24.2 Å². The van der Waals surface area contributed by atoms with Crippen LogP contribution in [0.2, 0.25) is 0 Å². The largest absolute Gasteiger partial charge is 0.444 e. The Labute approximate surface area is 240 Å². The summed E-state index contributed by atoms with van der Waals surface area (Å²) in [5.74, 6) is -0.0154. The van der Waals surface area contributed by atoms with E-state index in [4.69, 9.17) is 4.74 Å². The van der Waals surface area contributed by atoms with E-state index in [1.165, 1.54) is 5.56 Å². The lowest BCUT2D eigenvalue weighted by atomic mass is 9.86. The molecule has 1 N–H and O–H groups in total. The van der Waals surface area contributed by atoms with Gasteiger partial charge in [-0.15, -0.1) is 0 Å². The van der Waals surface area contributed by atoms with Gasteiger partial charge in [-0.2, -0.15) is 5.10 Å². The second-order valence-corrected chi connectivity index (χ2v) is 12.2. The van der Waals surface area contributed by atoms with E-state index in [0.29, 0.717) is 31.7 Å². The number of fused-ring (bicyclic) bond motifs is 2. The number of nitrogens with zero attached hydrogens (tertiary/aromatic N) is 5. The number of nitrogens with one attached hydrogen (secondary N) is 1. The number of benzene rings is 1. The first-order valence-electron chi connectivity index (χ1n) is 14.5. The van der Waals surface area contributed by atoms with E-state index in [2.05, 4.69) is 40.2 Å². The summed E-state index contributed by atoms with van der Waals surface area (Å²) in [6.07, 6.45) is 9.55. The average molecular weight is 555 g/mol. The number of hydrogen-bond acceptors (Lipinski definition) is 5. The molecular formula is C32H38N6O3. The zero-order valence-corrected chi connectivity index (χ0v) is 24.5. The number of pyridine rings is 1. The molecule has 2 aliphatic rings. The van der Waals surface area contributed by atoms with Gasteiger partial charge in [0.05, 0.1) is 17.8 Å². The second-order valence-electron chi connectivity index (χ2n) is 12.2. The number of ether oxygens (including phenoxy) is 1. The molecule has 0 aliphatic carbocycles. The van der Waals surface area contributed by atoms with E-state index < -0.39 is 5.60 Å². The smallest absolute Gasteiger partial charge is 0.410 e. The van der Waals surface area contributed by atoms with E-state index in [0.717, 1.165) is 58.1 Å². The van der Waals surface area contributed by atoms with Crippen LogP contribution in [0.3, 0.4) is 0 Å². The number of aromatic amines is 1. The lowest BCUT2D eigenvalue weighted by molar-refractivity contribution is 0.0222. The Morgan fingerprint density at radius 3 is 2.71 bits per heavy atom. The molecule has 9 heteroatoms. The van der Waals surface area contributed by atoms with Crippen LogP contribution >= 0.6 is 0 Å². The van der Waals surface area contributed by atoms with Crippen molar-refractivity contribution in [3.8, 4) is 11.1 Å². The van der Waals surface area contributed by atoms with Gasteiger partial charge in [0.2, 0.25) is 0 Å². The zero-order chi connectivity index (χ0) is 28.9. The number of carbonyl (C=O) groups is 2. The minimum Gasteiger partial charge on any atom is -0.444 e. The van der Waals surface area contributed by atoms with Crippen LogP contribution in [0, 0.1) is 6.92 Å². The molecule has 4 aromatic rings. The highest BCUT2D eigenvalue weighted by molar-refractivity contribution is 5.94. The molecule has 0 bridgehead atoms. The highest BCUT2D eigenvalue weighted by Crippen LogP contribution is 2.40. The third kappa shape index (κ3) is 5.21. The summed E-state index contributed by atoms with van der Waals surface area (Å²) in [6.45, 7) is 12.3. The van der Waals surface area contributed by atoms with Crippen LogP contribution in [0.15, 0.2) is 43.0 Å². The van der Waals surface area contributed by atoms with Crippen molar-refractivity contribution < 1.29 is 14.3 Å². The highest BCUT2D eigenvalue weighted by Gasteiger charge is 2.36. The number of amides is 2. The fraction of sp³-hybridized carbons (Fsp3) is 0.438. The van der Waals surface area contributed by atoms with Gasteiger partial charge in [-0.25, -0.2) is 9.78 Å². The van der Waals surface area contributed by atoms with Gasteiger partial charge in [-0.3, -0.25) is 9.48 Å². The summed E-state index contributed by atoms with van der Waals surface area (Å²) in [4.78, 5) is 38.5. The van der Waals surface area contributed by atoms with Crippen LogP contribution in [0.5, 0.6) is 0 Å². The van der Waals surface area contributed by atoms with Gasteiger partial charge < -0.3 is 19.5 Å². The van der Waals surface area contributed by atoms with Crippen molar-refractivity contribution in [1.29, 1.82) is 0 Å². The van der Waals surface area contributed by atoms with Crippen molar-refractivity contribution >= 4 is 23.0 Å². The number of aromatic nitrogens is 4. The Balaban J connectivity index is 1.41. The lowest BCUT2D eigenvalue weighted by Gasteiger charge is -2.34. The van der Waals surface area contributed by atoms with E-state index in [1.807, 2.05) is 56.1 Å². The van der Waals surface area contributed by atoms with Gasteiger partial charge in [0.1, 0.15) is 11.2 Å². The molecule has 1 fully saturated rings. The van der Waals surface area contributed by atoms with Crippen molar-refractivity contribution in [2.24, 2.45) is 0 Å². The summed E-state index contributed by atoms with van der Waals surface area (Å²) in [6, 6.07) is 6.51. The van der Waals surface area contributed by atoms with E-state index >= 15 is 0 Å². The predicted molar refractivity (Wildman–Crippen MR) is 158 cm³/mol. The summed E-state index contributed by atoms with van der Waals surface area (Å²) >= 11 is 0. The molecule has 41 heavy (non-hydrogen) atoms. The summed E-state index contributed by atoms with van der Waals surface area (Å²) in [7, 11) is 0. The second kappa shape index (κ2) is 10.4. The minimum absolute atomic E-state index is 0.0154. The van der Waals surface area contributed by atoms with Crippen LogP contribution in [-0.4, -0.2) is 60.2 Å². The van der Waals surface area contributed by atoms with Gasteiger partial charge in [-0.05, 0) is 93.8 Å². The first-order chi connectivity index (χ1) is 19.6. The maximum absolute atomic E-state index is 13.5. The topological polar surface area (TPSA) is 96.4 Å². The van der Waals surface area contributed by atoms with Crippen LogP contribution < -0.4 is 0 Å². The Morgan fingerprint density at radius 2 is 1.95 bits per heavy atom. The van der Waals surface area contributed by atoms with Crippen molar-refractivity contribution in [2.45, 2.75) is 78.6 Å². The molecule has 6 rings (SSSR count). The van der Waals surface area contributed by atoms with Gasteiger partial charge in [0, 0.05) is 55.7 Å². The van der Waals surface area contributed by atoms with E-state index in [-0.39, 0.29) is 18.0 Å². The van der Waals surface area contributed by atoms with Gasteiger partial charge in [-0.1, -0.05) is 6.07 Å². The molecule has 5 heterocycles. The molecule has 9 nitrogen and oxygen atoms in total. The summed E-state index contributed by atoms with van der Waals surface area (Å²) in [5, 5.41) is 5.41. The molecule has 0 saturated carbocycles. The highest BCUT2D eigenvalue weighted by atomic mass is 16.6. The Hall–Kier alpha value is -4.14. The van der Waals surface area contributed by atoms with Crippen LogP contribution in [0.1, 0.15) is 79.2 Å². The van der Waals surface area contributed by atoms with E-state index in [9.17, 15) is 9.59 Å². The standard InChI is InChI=1S/C32H38N6O3/c1-6-37-18-24(17-35-37)30(39)36-11-9-21-12-22(23-14-25-20(2)15-33-29(25)34-16-23)13-26(27(21)19-36)28-8-7-10-38(28)31(40)41-32(3,4)5/h12-18,28H,6-11,19H2,1-5H3,(H,33,34)/t28-/m0/s1. The molecule has 0 spiro atoms. The SMILES string of the molecule is CCn1cc(C(=O)N2CCc3cc(-c4cnc5[nH]cc(C)c5c4)cc([C@@H]4CCCN4C(=O)OC(C)(C)C)c3C2)cn1. The van der Waals surface area contributed by atoms with Gasteiger partial charge in [0.25, 0.3) is 5.91 Å². The normalized spacial score (nSPS) is 17.2. The molecule has 1 aromatic carbocycles. The molecule has 2 aliphatic heterocycles. The maximum atomic E-state index is 13.5. The number of hydrogen-bond donors (Lipinski definition) is 1. The minimum atomic E-state index is -0.576. The Bertz CT molecular complexity index is 1630. The summed E-state index contributed by atoms with van der Waals surface area (Å²) in [5.41, 5.74) is 7.60. The van der Waals surface area contributed by atoms with Crippen molar-refractivity contribution in [2.75, 3.05) is 13.1 Å². The number of rotatable bonds is 4. The monoisotopic (exact) mass is 554 g/mol. The molecule has 1 saturated heterocycles. The van der Waals surface area contributed by atoms with Gasteiger partial charge >= 0.3 is 6.09 Å². The number of aryl methyl sites for hydroxylation is 2. The number of carbonyl (C=O) groups excluding carboxylic acids is 2. The van der Waals surface area contributed by atoms with Crippen LogP contribution in [0.25, 0.3) is 22.2 Å². The van der Waals surface area contributed by atoms with Crippen molar-refractivity contribution in [3.05, 3.63) is 70.8 Å². The molecule has 3 aromatic heterocycles. The fourth-order valence-electron chi connectivity index (χ4n) is 6.09. The Morgan fingerprint density at radius 1 is 1.12 bits per heavy atom. The quantitative estimate of drug-likeness (QED) is 0.333. The third-order valence-electron chi connectivity index (χ3n) is 8.18. The first kappa shape index (κ1) is 27.1. The molecule has 0 unspecified atom stereocenters. The van der Waals surface area contributed by atoms with Crippen molar-refractivity contribution in [3.63, 3.8) is 0 Å². The molecule has 214 valence electrons. The number of likely N-dealkylation sites (tertiary alicyclic amines) is 1. The Kier molecular flexibility index (Phi) is 6.83. The predicted octanol–water partition coefficient (Wildman–Crippen LogP) is 6.03. The fourth-order valence-corrected chi connectivity index (χ4v) is 6.09. The third-order valence-corrected chi connectivity index (χ3v) is 8.18. The number of H-pyrrole nitrogens is 1. The lowest BCUT2D eigenvalue weighted by Crippen LogP contribution is -2.39. The van der Waals surface area contributed by atoms with Crippen molar-refractivity contribution in [1.82, 2.24) is 29.5 Å². The van der Waals surface area contributed by atoms with Gasteiger partial charge in [0.15, 0.2) is 0 Å². The van der Waals surface area contributed by atoms with Crippen LogP contribution in [0.4, 0.5) is 4.79 Å². The maximum Gasteiger partial charge on any atom is 0.410 e. The zero-order valence-electron chi connectivity index (χ0n) is 24.5. The molecule has 2 amide bonds. The van der Waals surface area contributed by atoms with E-state index in [1.54, 1.807) is 10.9 Å². The summed E-state index contributed by atoms with van der Waals surface area (Å²) < 4.78 is 7.59. The molecule has 1 atom stereocenters. The molecular weight excluding hydrogens is 516 g/mol. The first-order valence-corrected chi connectivity index (χ1v) is 14.5. The molecule has 0 radical (unpaired) electrons. The average Bonchev–Trinajstić information content (AvgIpc) is 3.71.